The summed E-state index contributed by atoms with van der Waals surface area (Å²) in [5.74, 6) is 0.414. The Morgan fingerprint density at radius 1 is 0.833 bits per heavy atom. The molecule has 0 aromatic heterocycles. The normalized spacial score (nSPS) is 10.4. The molecule has 1 amide bonds. The Kier molecular flexibility index (Phi) is 5.34. The van der Waals surface area contributed by atoms with E-state index in [1.165, 1.54) is 11.1 Å². The molecule has 0 bridgehead atoms. The van der Waals surface area contributed by atoms with Gasteiger partial charge in [0.05, 0.1) is 5.75 Å². The minimum atomic E-state index is 0.00744. The fourth-order valence-corrected chi connectivity index (χ4v) is 3.06. The van der Waals surface area contributed by atoms with E-state index in [1.54, 1.807) is 11.8 Å². The molecular weight excluding hydrogens is 314 g/mol. The van der Waals surface area contributed by atoms with Crippen LogP contribution in [0.4, 0.5) is 5.69 Å². The minimum absolute atomic E-state index is 0.00744. The lowest BCUT2D eigenvalue weighted by atomic mass is 10.1. The number of nitrogens with one attached hydrogen (secondary N) is 1. The van der Waals surface area contributed by atoms with Crippen molar-refractivity contribution in [3.63, 3.8) is 0 Å². The van der Waals surface area contributed by atoms with E-state index in [4.69, 9.17) is 0 Å². The molecule has 120 valence electrons. The summed E-state index contributed by atoms with van der Waals surface area (Å²) in [7, 11) is 0. The summed E-state index contributed by atoms with van der Waals surface area (Å²) in [6.07, 6.45) is 0. The van der Waals surface area contributed by atoms with Crippen LogP contribution in [-0.4, -0.2) is 11.7 Å². The summed E-state index contributed by atoms with van der Waals surface area (Å²) in [5.41, 5.74) is 4.36. The molecule has 3 aromatic rings. The highest BCUT2D eigenvalue weighted by molar-refractivity contribution is 8.00. The van der Waals surface area contributed by atoms with Crippen LogP contribution >= 0.6 is 11.8 Å². The third kappa shape index (κ3) is 4.49. The molecule has 0 unspecified atom stereocenters. The largest absolute Gasteiger partial charge is 0.325 e. The van der Waals surface area contributed by atoms with Crippen LogP contribution in [0.5, 0.6) is 0 Å². The van der Waals surface area contributed by atoms with Gasteiger partial charge in [0.15, 0.2) is 0 Å². The number of aryl methyl sites for hydroxylation is 1. The van der Waals surface area contributed by atoms with Crippen molar-refractivity contribution in [2.75, 3.05) is 11.1 Å². The van der Waals surface area contributed by atoms with E-state index < -0.39 is 0 Å². The first-order valence-electron chi connectivity index (χ1n) is 7.85. The lowest BCUT2D eigenvalue weighted by Gasteiger charge is -2.07. The predicted molar refractivity (Wildman–Crippen MR) is 102 cm³/mol. The van der Waals surface area contributed by atoms with Gasteiger partial charge in [0.1, 0.15) is 0 Å². The maximum Gasteiger partial charge on any atom is 0.234 e. The molecule has 3 rings (SSSR count). The summed E-state index contributed by atoms with van der Waals surface area (Å²) in [5, 5.41) is 2.94. The average molecular weight is 333 g/mol. The van der Waals surface area contributed by atoms with Gasteiger partial charge in [0.25, 0.3) is 0 Å². The molecule has 0 saturated carbocycles. The minimum Gasteiger partial charge on any atom is -0.325 e. The summed E-state index contributed by atoms with van der Waals surface area (Å²) in [6.45, 7) is 2.06. The van der Waals surface area contributed by atoms with Crippen LogP contribution in [0, 0.1) is 6.92 Å². The fourth-order valence-electron chi connectivity index (χ4n) is 2.36. The van der Waals surface area contributed by atoms with Gasteiger partial charge in [-0.1, -0.05) is 60.2 Å². The summed E-state index contributed by atoms with van der Waals surface area (Å²) < 4.78 is 0. The molecule has 1 N–H and O–H groups in total. The van der Waals surface area contributed by atoms with Crippen LogP contribution in [0.2, 0.25) is 0 Å². The molecule has 0 radical (unpaired) electrons. The zero-order chi connectivity index (χ0) is 16.8. The third-order valence-electron chi connectivity index (χ3n) is 3.67. The molecule has 0 spiro atoms. The molecule has 0 aliphatic heterocycles. The number of benzene rings is 3. The van der Waals surface area contributed by atoms with Crippen molar-refractivity contribution in [1.29, 1.82) is 0 Å². The second kappa shape index (κ2) is 7.84. The molecule has 2 nitrogen and oxygen atoms in total. The number of rotatable bonds is 5. The second-order valence-corrected chi connectivity index (χ2v) is 6.64. The number of hydrogen-bond acceptors (Lipinski definition) is 2. The van der Waals surface area contributed by atoms with E-state index >= 15 is 0 Å². The molecule has 0 atom stereocenters. The molecule has 0 aliphatic rings. The van der Waals surface area contributed by atoms with Gasteiger partial charge in [-0.2, -0.15) is 0 Å². The summed E-state index contributed by atoms with van der Waals surface area (Å²) >= 11 is 1.54. The molecule has 0 fully saturated rings. The van der Waals surface area contributed by atoms with E-state index in [9.17, 15) is 4.79 Å². The average Bonchev–Trinajstić information content (AvgIpc) is 2.63. The number of hydrogen-bond donors (Lipinski definition) is 1. The van der Waals surface area contributed by atoms with Crippen molar-refractivity contribution in [2.24, 2.45) is 0 Å². The molecule has 0 saturated heterocycles. The van der Waals surface area contributed by atoms with Crippen molar-refractivity contribution < 1.29 is 4.79 Å². The SMILES string of the molecule is Cc1ccc(SCC(=O)Nc2ccc(-c3ccccc3)cc2)cc1. The maximum atomic E-state index is 12.1. The van der Waals surface area contributed by atoms with Crippen molar-refractivity contribution in [2.45, 2.75) is 11.8 Å². The van der Waals surface area contributed by atoms with Crippen molar-refractivity contribution in [1.82, 2.24) is 0 Å². The highest BCUT2D eigenvalue weighted by atomic mass is 32.2. The molecule has 24 heavy (non-hydrogen) atoms. The first-order chi connectivity index (χ1) is 11.7. The van der Waals surface area contributed by atoms with Gasteiger partial charge < -0.3 is 5.32 Å². The van der Waals surface area contributed by atoms with Crippen LogP contribution in [0.15, 0.2) is 83.8 Å². The molecule has 3 heteroatoms. The second-order valence-electron chi connectivity index (χ2n) is 5.59. The Hall–Kier alpha value is -2.52. The van der Waals surface area contributed by atoms with Crippen molar-refractivity contribution >= 4 is 23.4 Å². The smallest absolute Gasteiger partial charge is 0.234 e. The van der Waals surface area contributed by atoms with E-state index in [1.807, 2.05) is 54.6 Å². The van der Waals surface area contributed by atoms with E-state index in [2.05, 4.69) is 36.5 Å². The van der Waals surface area contributed by atoms with Crippen LogP contribution in [0.25, 0.3) is 11.1 Å². The quantitative estimate of drug-likeness (QED) is 0.634. The number of thioether (sulfide) groups is 1. The van der Waals surface area contributed by atoms with Crippen LogP contribution in [0.1, 0.15) is 5.56 Å². The molecule has 3 aromatic carbocycles. The first kappa shape index (κ1) is 16.3. The van der Waals surface area contributed by atoms with E-state index in [-0.39, 0.29) is 5.91 Å². The number of amides is 1. The Morgan fingerprint density at radius 2 is 1.46 bits per heavy atom. The van der Waals surface area contributed by atoms with Crippen molar-refractivity contribution in [3.05, 3.63) is 84.4 Å². The fraction of sp³-hybridized carbons (Fsp3) is 0.0952. The highest BCUT2D eigenvalue weighted by Gasteiger charge is 2.04. The van der Waals surface area contributed by atoms with Crippen molar-refractivity contribution in [3.8, 4) is 11.1 Å². The van der Waals surface area contributed by atoms with Crippen LogP contribution in [-0.2, 0) is 4.79 Å². The standard InChI is InChI=1S/C21H19NOS/c1-16-7-13-20(14-8-16)24-15-21(23)22-19-11-9-18(10-12-19)17-5-3-2-4-6-17/h2-14H,15H2,1H3,(H,22,23). The lowest BCUT2D eigenvalue weighted by molar-refractivity contribution is -0.113. The molecule has 0 aliphatic carbocycles. The number of carbonyl (C=O) groups is 1. The molecular formula is C21H19NOS. The van der Waals surface area contributed by atoms with Crippen LogP contribution in [0.3, 0.4) is 0 Å². The monoisotopic (exact) mass is 333 g/mol. The van der Waals surface area contributed by atoms with Gasteiger partial charge >= 0.3 is 0 Å². The zero-order valence-corrected chi connectivity index (χ0v) is 14.3. The van der Waals surface area contributed by atoms with Crippen LogP contribution < -0.4 is 5.32 Å². The highest BCUT2D eigenvalue weighted by Crippen LogP contribution is 2.22. The van der Waals surface area contributed by atoms with Gasteiger partial charge in [-0.3, -0.25) is 4.79 Å². The van der Waals surface area contributed by atoms with Gasteiger partial charge in [0.2, 0.25) is 5.91 Å². The Bertz CT molecular complexity index is 796. The van der Waals surface area contributed by atoms with Gasteiger partial charge in [-0.05, 0) is 42.3 Å². The summed E-state index contributed by atoms with van der Waals surface area (Å²) in [6, 6.07) is 26.3. The topological polar surface area (TPSA) is 29.1 Å². The maximum absolute atomic E-state index is 12.1. The first-order valence-corrected chi connectivity index (χ1v) is 8.84. The Balaban J connectivity index is 1.55. The zero-order valence-electron chi connectivity index (χ0n) is 13.5. The number of anilines is 1. The summed E-state index contributed by atoms with van der Waals surface area (Å²) in [4.78, 5) is 13.2. The lowest BCUT2D eigenvalue weighted by Crippen LogP contribution is -2.13. The van der Waals surface area contributed by atoms with E-state index in [0.29, 0.717) is 5.75 Å². The predicted octanol–water partition coefficient (Wildman–Crippen LogP) is 5.39. The number of carbonyl (C=O) groups excluding carboxylic acids is 1. The Morgan fingerprint density at radius 3 is 2.12 bits per heavy atom. The van der Waals surface area contributed by atoms with Gasteiger partial charge in [-0.15, -0.1) is 11.8 Å². The third-order valence-corrected chi connectivity index (χ3v) is 4.68. The van der Waals surface area contributed by atoms with Gasteiger partial charge in [-0.25, -0.2) is 0 Å². The Labute approximate surface area is 146 Å². The molecule has 0 heterocycles. The van der Waals surface area contributed by atoms with Gasteiger partial charge in [0, 0.05) is 10.6 Å². The van der Waals surface area contributed by atoms with E-state index in [0.717, 1.165) is 16.1 Å².